The van der Waals surface area contributed by atoms with E-state index in [2.05, 4.69) is 22.5 Å². The first-order valence-electron chi connectivity index (χ1n) is 7.70. The van der Waals surface area contributed by atoms with E-state index >= 15 is 0 Å². The number of aliphatic hydroxyl groups excluding tert-OH is 1. The summed E-state index contributed by atoms with van der Waals surface area (Å²) in [7, 11) is 0. The van der Waals surface area contributed by atoms with Crippen molar-refractivity contribution < 1.29 is 9.90 Å². The van der Waals surface area contributed by atoms with Gasteiger partial charge in [-0.25, -0.2) is 4.79 Å². The highest BCUT2D eigenvalue weighted by Gasteiger charge is 2.40. The summed E-state index contributed by atoms with van der Waals surface area (Å²) in [6, 6.07) is 5.58. The number of rotatable bonds is 8. The zero-order chi connectivity index (χ0) is 15.1. The van der Waals surface area contributed by atoms with Gasteiger partial charge in [0, 0.05) is 37.5 Å². The minimum Gasteiger partial charge on any atom is -0.396 e. The van der Waals surface area contributed by atoms with E-state index in [-0.39, 0.29) is 18.6 Å². The van der Waals surface area contributed by atoms with E-state index in [1.807, 2.05) is 18.2 Å². The molecule has 5 heteroatoms. The highest BCUT2D eigenvalue weighted by Crippen LogP contribution is 2.47. The number of nitrogens with zero attached hydrogens (tertiary/aromatic N) is 1. The number of pyridine rings is 1. The standard InChI is InChI=1S/C16H25N3O2/c1-2-16(6-7-16)12-19-15(21)18-10-13(11-20)9-14-5-3-4-8-17-14/h3-5,8,13,20H,2,6-7,9-12H2,1H3,(H2,18,19,21). The van der Waals surface area contributed by atoms with E-state index in [0.717, 1.165) is 18.7 Å². The van der Waals surface area contributed by atoms with E-state index in [1.165, 1.54) is 12.8 Å². The summed E-state index contributed by atoms with van der Waals surface area (Å²) >= 11 is 0. The Bertz CT molecular complexity index is 446. The molecule has 5 nitrogen and oxygen atoms in total. The zero-order valence-electron chi connectivity index (χ0n) is 12.6. The molecule has 0 saturated heterocycles. The monoisotopic (exact) mass is 291 g/mol. The van der Waals surface area contributed by atoms with Gasteiger partial charge in [0.25, 0.3) is 0 Å². The van der Waals surface area contributed by atoms with Gasteiger partial charge in [-0.2, -0.15) is 0 Å². The number of carbonyl (C=O) groups is 1. The van der Waals surface area contributed by atoms with Crippen LogP contribution in [0.25, 0.3) is 0 Å². The molecule has 1 aliphatic carbocycles. The number of amides is 2. The van der Waals surface area contributed by atoms with Gasteiger partial charge >= 0.3 is 6.03 Å². The highest BCUT2D eigenvalue weighted by molar-refractivity contribution is 5.73. The fraction of sp³-hybridized carbons (Fsp3) is 0.625. The first-order chi connectivity index (χ1) is 10.2. The van der Waals surface area contributed by atoms with E-state index in [1.54, 1.807) is 6.20 Å². The Kier molecular flexibility index (Phi) is 5.56. The third-order valence-corrected chi connectivity index (χ3v) is 4.36. The lowest BCUT2D eigenvalue weighted by Crippen LogP contribution is -2.41. The van der Waals surface area contributed by atoms with Crippen LogP contribution in [0.15, 0.2) is 24.4 Å². The first-order valence-corrected chi connectivity index (χ1v) is 7.70. The van der Waals surface area contributed by atoms with Crippen LogP contribution in [0.3, 0.4) is 0 Å². The van der Waals surface area contributed by atoms with Crippen molar-refractivity contribution in [1.82, 2.24) is 15.6 Å². The SMILES string of the molecule is CCC1(CNC(=O)NCC(CO)Cc2ccccn2)CC1. The molecule has 21 heavy (non-hydrogen) atoms. The average Bonchev–Trinajstić information content (AvgIpc) is 3.31. The molecular formula is C16H25N3O2. The van der Waals surface area contributed by atoms with Crippen molar-refractivity contribution in [3.8, 4) is 0 Å². The van der Waals surface area contributed by atoms with Crippen molar-refractivity contribution in [3.05, 3.63) is 30.1 Å². The Morgan fingerprint density at radius 3 is 2.81 bits per heavy atom. The zero-order valence-corrected chi connectivity index (χ0v) is 12.6. The predicted molar refractivity (Wildman–Crippen MR) is 81.9 cm³/mol. The molecule has 0 bridgehead atoms. The van der Waals surface area contributed by atoms with Crippen LogP contribution in [0, 0.1) is 11.3 Å². The molecule has 1 aromatic rings. The van der Waals surface area contributed by atoms with Crippen molar-refractivity contribution in [2.75, 3.05) is 19.7 Å². The van der Waals surface area contributed by atoms with Gasteiger partial charge < -0.3 is 15.7 Å². The number of hydrogen-bond acceptors (Lipinski definition) is 3. The lowest BCUT2D eigenvalue weighted by Gasteiger charge is -2.17. The highest BCUT2D eigenvalue weighted by atomic mass is 16.3. The molecule has 2 amide bonds. The third-order valence-electron chi connectivity index (χ3n) is 4.36. The Hall–Kier alpha value is -1.62. The number of aliphatic hydroxyl groups is 1. The summed E-state index contributed by atoms with van der Waals surface area (Å²) < 4.78 is 0. The van der Waals surface area contributed by atoms with Crippen LogP contribution in [0.1, 0.15) is 31.9 Å². The van der Waals surface area contributed by atoms with Gasteiger partial charge in [-0.3, -0.25) is 4.98 Å². The maximum Gasteiger partial charge on any atom is 0.314 e. The molecule has 3 N–H and O–H groups in total. The number of hydrogen-bond donors (Lipinski definition) is 3. The van der Waals surface area contributed by atoms with Gasteiger partial charge in [0.2, 0.25) is 0 Å². The smallest absolute Gasteiger partial charge is 0.314 e. The van der Waals surface area contributed by atoms with E-state index in [4.69, 9.17) is 0 Å². The minimum atomic E-state index is -0.144. The van der Waals surface area contributed by atoms with Crippen molar-refractivity contribution in [2.24, 2.45) is 11.3 Å². The van der Waals surface area contributed by atoms with Crippen LogP contribution >= 0.6 is 0 Å². The topological polar surface area (TPSA) is 74.2 Å². The summed E-state index contributed by atoms with van der Waals surface area (Å²) in [5, 5.41) is 15.2. The van der Waals surface area contributed by atoms with Crippen molar-refractivity contribution in [2.45, 2.75) is 32.6 Å². The lowest BCUT2D eigenvalue weighted by atomic mass is 10.0. The van der Waals surface area contributed by atoms with Gasteiger partial charge in [-0.1, -0.05) is 13.0 Å². The fourth-order valence-corrected chi connectivity index (χ4v) is 2.42. The van der Waals surface area contributed by atoms with Crippen LogP contribution < -0.4 is 10.6 Å². The summed E-state index contributed by atoms with van der Waals surface area (Å²) in [5.41, 5.74) is 1.28. The Labute approximate surface area is 126 Å². The third kappa shape index (κ3) is 5.01. The summed E-state index contributed by atoms with van der Waals surface area (Å²) in [6.45, 7) is 3.41. The maximum atomic E-state index is 11.8. The summed E-state index contributed by atoms with van der Waals surface area (Å²) in [4.78, 5) is 16.0. The van der Waals surface area contributed by atoms with E-state index < -0.39 is 0 Å². The molecule has 2 rings (SSSR count). The molecular weight excluding hydrogens is 266 g/mol. The fourth-order valence-electron chi connectivity index (χ4n) is 2.42. The molecule has 0 radical (unpaired) electrons. The van der Waals surface area contributed by atoms with Gasteiger partial charge in [0.15, 0.2) is 0 Å². The molecule has 1 fully saturated rings. The van der Waals surface area contributed by atoms with E-state index in [9.17, 15) is 9.90 Å². The lowest BCUT2D eigenvalue weighted by molar-refractivity contribution is 0.212. The van der Waals surface area contributed by atoms with Crippen LogP contribution in [0.5, 0.6) is 0 Å². The van der Waals surface area contributed by atoms with Crippen molar-refractivity contribution in [3.63, 3.8) is 0 Å². The van der Waals surface area contributed by atoms with Gasteiger partial charge in [-0.15, -0.1) is 0 Å². The molecule has 1 atom stereocenters. The molecule has 1 aromatic heterocycles. The molecule has 116 valence electrons. The predicted octanol–water partition coefficient (Wildman–Crippen LogP) is 1.72. The molecule has 1 heterocycles. The Balaban J connectivity index is 1.69. The van der Waals surface area contributed by atoms with Crippen molar-refractivity contribution >= 4 is 6.03 Å². The molecule has 0 spiro atoms. The quantitative estimate of drug-likeness (QED) is 0.683. The Morgan fingerprint density at radius 2 is 2.24 bits per heavy atom. The largest absolute Gasteiger partial charge is 0.396 e. The second-order valence-electron chi connectivity index (χ2n) is 5.99. The van der Waals surface area contributed by atoms with E-state index in [0.29, 0.717) is 18.4 Å². The maximum absolute atomic E-state index is 11.8. The first kappa shape index (κ1) is 15.8. The van der Waals surface area contributed by atoms with Crippen LogP contribution in [-0.2, 0) is 6.42 Å². The average molecular weight is 291 g/mol. The molecule has 0 aromatic carbocycles. The number of carbonyl (C=O) groups excluding carboxylic acids is 1. The normalized spacial score (nSPS) is 17.0. The molecule has 1 aliphatic rings. The van der Waals surface area contributed by atoms with Gasteiger partial charge in [0.05, 0.1) is 0 Å². The Morgan fingerprint density at radius 1 is 1.43 bits per heavy atom. The molecule has 1 unspecified atom stereocenters. The number of urea groups is 1. The van der Waals surface area contributed by atoms with Crippen LogP contribution in [-0.4, -0.2) is 35.8 Å². The van der Waals surface area contributed by atoms with Crippen LogP contribution in [0.4, 0.5) is 4.79 Å². The number of aromatic nitrogens is 1. The second kappa shape index (κ2) is 7.41. The van der Waals surface area contributed by atoms with Gasteiger partial charge in [-0.05, 0) is 43.2 Å². The number of nitrogens with one attached hydrogen (secondary N) is 2. The molecule has 1 saturated carbocycles. The summed E-state index contributed by atoms with van der Waals surface area (Å²) in [5.74, 6) is -0.00768. The van der Waals surface area contributed by atoms with Gasteiger partial charge in [0.1, 0.15) is 0 Å². The van der Waals surface area contributed by atoms with Crippen LogP contribution in [0.2, 0.25) is 0 Å². The van der Waals surface area contributed by atoms with Crippen molar-refractivity contribution in [1.29, 1.82) is 0 Å². The molecule has 0 aliphatic heterocycles. The summed E-state index contributed by atoms with van der Waals surface area (Å²) in [6.07, 6.45) is 5.94. The second-order valence-corrected chi connectivity index (χ2v) is 5.99. The minimum absolute atomic E-state index is 0.00768.